The van der Waals surface area contributed by atoms with E-state index >= 15 is 0 Å². The van der Waals surface area contributed by atoms with Crippen molar-refractivity contribution in [2.45, 2.75) is 13.0 Å². The molecule has 1 saturated heterocycles. The normalized spacial score (nSPS) is 18.5. The number of benzene rings is 1. The second-order valence-electron chi connectivity index (χ2n) is 5.29. The van der Waals surface area contributed by atoms with Gasteiger partial charge >= 0.3 is 0 Å². The number of nitrogens with zero attached hydrogens (tertiary/aromatic N) is 2. The van der Waals surface area contributed by atoms with E-state index in [-0.39, 0.29) is 0 Å². The molecule has 1 aromatic heterocycles. The Kier molecular flexibility index (Phi) is 4.46. The molecule has 1 aliphatic heterocycles. The van der Waals surface area contributed by atoms with Crippen LogP contribution < -0.4 is 5.32 Å². The number of nitrogens with one attached hydrogen (secondary N) is 1. The van der Waals surface area contributed by atoms with Crippen LogP contribution in [0.4, 0.5) is 0 Å². The molecule has 1 aromatic carbocycles. The van der Waals surface area contributed by atoms with Gasteiger partial charge in [-0.2, -0.15) is 5.10 Å². The quantitative estimate of drug-likeness (QED) is 0.819. The Morgan fingerprint density at radius 1 is 1.25 bits per heavy atom. The predicted molar refractivity (Wildman–Crippen MR) is 79.5 cm³/mol. The van der Waals surface area contributed by atoms with Crippen molar-refractivity contribution in [3.63, 3.8) is 0 Å². The van der Waals surface area contributed by atoms with Crippen molar-refractivity contribution >= 4 is 0 Å². The van der Waals surface area contributed by atoms with Crippen LogP contribution in [0.5, 0.6) is 0 Å². The molecule has 0 spiro atoms. The molecule has 106 valence electrons. The maximum Gasteiger partial charge on any atom is 0.0568 e. The van der Waals surface area contributed by atoms with Gasteiger partial charge in [0, 0.05) is 31.5 Å². The van der Waals surface area contributed by atoms with Crippen LogP contribution >= 0.6 is 0 Å². The molecule has 0 amide bonds. The molecule has 0 radical (unpaired) electrons. The minimum atomic E-state index is 0.688. The molecule has 0 aliphatic carbocycles. The summed E-state index contributed by atoms with van der Waals surface area (Å²) in [5, 5.41) is 7.90. The minimum absolute atomic E-state index is 0.688. The summed E-state index contributed by atoms with van der Waals surface area (Å²) in [5.74, 6) is 0.688. The lowest BCUT2D eigenvalue weighted by atomic mass is 10.1. The standard InChI is InChI=1S/C16H21N3O/c1-2-4-15(5-3-1)16-11-18-19(12-16)8-7-17-10-14-6-9-20-13-14/h1-5,11-12,14,17H,6-10,13H2. The van der Waals surface area contributed by atoms with Crippen LogP contribution in [0.1, 0.15) is 6.42 Å². The zero-order valence-corrected chi connectivity index (χ0v) is 11.7. The molecule has 1 N–H and O–H groups in total. The summed E-state index contributed by atoms with van der Waals surface area (Å²) in [4.78, 5) is 0. The van der Waals surface area contributed by atoms with E-state index in [1.165, 1.54) is 17.5 Å². The van der Waals surface area contributed by atoms with Gasteiger partial charge in [0.25, 0.3) is 0 Å². The van der Waals surface area contributed by atoms with Gasteiger partial charge < -0.3 is 10.1 Å². The third-order valence-electron chi connectivity index (χ3n) is 3.72. The first-order valence-electron chi connectivity index (χ1n) is 7.28. The Bertz CT molecular complexity index is 518. The van der Waals surface area contributed by atoms with Crippen molar-refractivity contribution in [3.8, 4) is 11.1 Å². The van der Waals surface area contributed by atoms with Gasteiger partial charge in [0.05, 0.1) is 19.3 Å². The van der Waals surface area contributed by atoms with Gasteiger partial charge in [0.1, 0.15) is 0 Å². The van der Waals surface area contributed by atoms with Crippen molar-refractivity contribution in [2.75, 3.05) is 26.3 Å². The van der Waals surface area contributed by atoms with Gasteiger partial charge in [-0.1, -0.05) is 30.3 Å². The van der Waals surface area contributed by atoms with Crippen LogP contribution in [0.25, 0.3) is 11.1 Å². The monoisotopic (exact) mass is 271 g/mol. The Hall–Kier alpha value is -1.65. The van der Waals surface area contributed by atoms with Crippen LogP contribution in [-0.4, -0.2) is 36.1 Å². The topological polar surface area (TPSA) is 39.1 Å². The number of hydrogen-bond donors (Lipinski definition) is 1. The summed E-state index contributed by atoms with van der Waals surface area (Å²) in [6, 6.07) is 10.4. The van der Waals surface area contributed by atoms with Gasteiger partial charge in [0.15, 0.2) is 0 Å². The van der Waals surface area contributed by atoms with E-state index in [2.05, 4.69) is 40.9 Å². The van der Waals surface area contributed by atoms with Crippen LogP contribution in [0.2, 0.25) is 0 Å². The molecule has 0 bridgehead atoms. The molecule has 1 fully saturated rings. The second kappa shape index (κ2) is 6.68. The highest BCUT2D eigenvalue weighted by molar-refractivity contribution is 5.61. The van der Waals surface area contributed by atoms with Gasteiger partial charge in [-0.05, 0) is 17.9 Å². The fourth-order valence-corrected chi connectivity index (χ4v) is 2.51. The van der Waals surface area contributed by atoms with E-state index in [1.807, 2.05) is 16.9 Å². The summed E-state index contributed by atoms with van der Waals surface area (Å²) in [6.07, 6.45) is 5.22. The van der Waals surface area contributed by atoms with Crippen LogP contribution in [0, 0.1) is 5.92 Å². The zero-order valence-electron chi connectivity index (χ0n) is 11.7. The number of rotatable bonds is 6. The first-order valence-corrected chi connectivity index (χ1v) is 7.28. The lowest BCUT2D eigenvalue weighted by Gasteiger charge is -2.09. The fraction of sp³-hybridized carbons (Fsp3) is 0.438. The van der Waals surface area contributed by atoms with Crippen molar-refractivity contribution in [1.82, 2.24) is 15.1 Å². The predicted octanol–water partition coefficient (Wildman–Crippen LogP) is 2.18. The van der Waals surface area contributed by atoms with Crippen molar-refractivity contribution in [2.24, 2.45) is 5.92 Å². The number of hydrogen-bond acceptors (Lipinski definition) is 3. The van der Waals surface area contributed by atoms with E-state index < -0.39 is 0 Å². The number of ether oxygens (including phenoxy) is 1. The second-order valence-corrected chi connectivity index (χ2v) is 5.29. The van der Waals surface area contributed by atoms with E-state index in [9.17, 15) is 0 Å². The Balaban J connectivity index is 1.45. The minimum Gasteiger partial charge on any atom is -0.381 e. The molecular formula is C16H21N3O. The fourth-order valence-electron chi connectivity index (χ4n) is 2.51. The molecule has 20 heavy (non-hydrogen) atoms. The van der Waals surface area contributed by atoms with Gasteiger partial charge in [-0.25, -0.2) is 0 Å². The third-order valence-corrected chi connectivity index (χ3v) is 3.72. The average Bonchev–Trinajstić information content (AvgIpc) is 3.16. The summed E-state index contributed by atoms with van der Waals surface area (Å²) in [7, 11) is 0. The molecule has 1 atom stereocenters. The lowest BCUT2D eigenvalue weighted by Crippen LogP contribution is -2.26. The molecule has 4 heteroatoms. The van der Waals surface area contributed by atoms with Crippen LogP contribution in [0.15, 0.2) is 42.7 Å². The highest BCUT2D eigenvalue weighted by Crippen LogP contribution is 2.17. The maximum atomic E-state index is 5.37. The molecule has 0 saturated carbocycles. The molecular weight excluding hydrogens is 250 g/mol. The largest absolute Gasteiger partial charge is 0.381 e. The molecule has 1 aliphatic rings. The highest BCUT2D eigenvalue weighted by atomic mass is 16.5. The van der Waals surface area contributed by atoms with E-state index in [0.29, 0.717) is 5.92 Å². The smallest absolute Gasteiger partial charge is 0.0568 e. The molecule has 2 aromatic rings. The zero-order chi connectivity index (χ0) is 13.6. The molecule has 2 heterocycles. The van der Waals surface area contributed by atoms with E-state index in [0.717, 1.165) is 32.8 Å². The van der Waals surface area contributed by atoms with Gasteiger partial charge in [-0.15, -0.1) is 0 Å². The summed E-state index contributed by atoms with van der Waals surface area (Å²) < 4.78 is 7.37. The first-order chi connectivity index (χ1) is 9.92. The van der Waals surface area contributed by atoms with Gasteiger partial charge in [0.2, 0.25) is 0 Å². The van der Waals surface area contributed by atoms with Crippen LogP contribution in [0.3, 0.4) is 0 Å². The maximum absolute atomic E-state index is 5.37. The van der Waals surface area contributed by atoms with Crippen LogP contribution in [-0.2, 0) is 11.3 Å². The van der Waals surface area contributed by atoms with Crippen molar-refractivity contribution < 1.29 is 4.74 Å². The molecule has 4 nitrogen and oxygen atoms in total. The Labute approximate surface area is 119 Å². The summed E-state index contributed by atoms with van der Waals surface area (Å²) in [6.45, 7) is 4.73. The summed E-state index contributed by atoms with van der Waals surface area (Å²) >= 11 is 0. The average molecular weight is 271 g/mol. The van der Waals surface area contributed by atoms with Gasteiger partial charge in [-0.3, -0.25) is 4.68 Å². The van der Waals surface area contributed by atoms with Crippen molar-refractivity contribution in [3.05, 3.63) is 42.7 Å². The Morgan fingerprint density at radius 3 is 2.95 bits per heavy atom. The SMILES string of the molecule is c1ccc(-c2cnn(CCNCC3CCOC3)c2)cc1. The molecule has 3 rings (SSSR count). The number of aromatic nitrogens is 2. The molecule has 1 unspecified atom stereocenters. The summed E-state index contributed by atoms with van der Waals surface area (Å²) in [5.41, 5.74) is 2.39. The Morgan fingerprint density at radius 2 is 2.15 bits per heavy atom. The highest BCUT2D eigenvalue weighted by Gasteiger charge is 2.14. The van der Waals surface area contributed by atoms with Crippen molar-refractivity contribution in [1.29, 1.82) is 0 Å². The third kappa shape index (κ3) is 3.46. The van der Waals surface area contributed by atoms with E-state index in [4.69, 9.17) is 4.74 Å². The lowest BCUT2D eigenvalue weighted by molar-refractivity contribution is 0.185. The van der Waals surface area contributed by atoms with E-state index in [1.54, 1.807) is 0 Å². The first kappa shape index (κ1) is 13.3.